The fourth-order valence-corrected chi connectivity index (χ4v) is 6.49. The van der Waals surface area contributed by atoms with Crippen molar-refractivity contribution in [1.29, 1.82) is 0 Å². The van der Waals surface area contributed by atoms with Crippen LogP contribution in [0.1, 0.15) is 24.6 Å². The second kappa shape index (κ2) is 7.29. The maximum atomic E-state index is 13.7. The largest absolute Gasteiger partial charge is 0.356 e. The molecule has 146 valence electrons. The van der Waals surface area contributed by atoms with Crippen molar-refractivity contribution in [2.45, 2.75) is 42.2 Å². The van der Waals surface area contributed by atoms with Crippen molar-refractivity contribution in [3.63, 3.8) is 0 Å². The highest BCUT2D eigenvalue weighted by Crippen LogP contribution is 2.42. The van der Waals surface area contributed by atoms with E-state index in [-0.39, 0.29) is 5.25 Å². The normalized spacial score (nSPS) is 16.8. The summed E-state index contributed by atoms with van der Waals surface area (Å²) in [6, 6.07) is 14.9. The maximum absolute atomic E-state index is 13.7. The molecule has 1 aliphatic rings. The summed E-state index contributed by atoms with van der Waals surface area (Å²) in [5.74, 6) is 0.565. The van der Waals surface area contributed by atoms with Crippen molar-refractivity contribution >= 4 is 27.5 Å². The summed E-state index contributed by atoms with van der Waals surface area (Å²) >= 11 is 1.75. The van der Waals surface area contributed by atoms with Gasteiger partial charge < -0.3 is 4.52 Å². The predicted octanol–water partition coefficient (Wildman–Crippen LogP) is 5.04. The number of benzene rings is 2. The molecule has 0 N–H and O–H groups in total. The number of hydrogen-bond acceptors (Lipinski definition) is 5. The van der Waals surface area contributed by atoms with Crippen molar-refractivity contribution in [1.82, 2.24) is 5.16 Å². The number of aryl methyl sites for hydroxylation is 2. The van der Waals surface area contributed by atoms with E-state index < -0.39 is 10.0 Å². The Morgan fingerprint density at radius 1 is 1.18 bits per heavy atom. The minimum absolute atomic E-state index is 0.227. The van der Waals surface area contributed by atoms with E-state index in [2.05, 4.69) is 12.1 Å². The number of thioether (sulfide) groups is 1. The van der Waals surface area contributed by atoms with E-state index in [9.17, 15) is 8.42 Å². The van der Waals surface area contributed by atoms with Gasteiger partial charge >= 0.3 is 0 Å². The molecule has 2 heterocycles. The van der Waals surface area contributed by atoms with Crippen LogP contribution in [-0.2, 0) is 10.0 Å². The Hall–Kier alpha value is -2.25. The van der Waals surface area contributed by atoms with E-state index in [1.807, 2.05) is 50.2 Å². The summed E-state index contributed by atoms with van der Waals surface area (Å²) in [5.41, 5.74) is 2.92. The van der Waals surface area contributed by atoms with Crippen molar-refractivity contribution in [2.24, 2.45) is 0 Å². The van der Waals surface area contributed by atoms with Crippen LogP contribution in [0.3, 0.4) is 0 Å². The van der Waals surface area contributed by atoms with Gasteiger partial charge in [0.25, 0.3) is 10.0 Å². The molecule has 0 amide bonds. The van der Waals surface area contributed by atoms with Crippen LogP contribution in [-0.4, -0.2) is 25.4 Å². The van der Waals surface area contributed by atoms with Gasteiger partial charge in [-0.2, -0.15) is 0 Å². The number of para-hydroxylation sites is 1. The molecule has 3 aromatic rings. The lowest BCUT2D eigenvalue weighted by molar-refractivity contribution is 0.427. The molecule has 0 fully saturated rings. The van der Waals surface area contributed by atoms with Crippen LogP contribution in [0.25, 0.3) is 11.3 Å². The highest BCUT2D eigenvalue weighted by atomic mass is 32.2. The highest BCUT2D eigenvalue weighted by molar-refractivity contribution is 8.00. The van der Waals surface area contributed by atoms with E-state index in [4.69, 9.17) is 4.52 Å². The molecular formula is C21H22N2O3S2. The van der Waals surface area contributed by atoms with Gasteiger partial charge in [0.15, 0.2) is 5.76 Å². The zero-order valence-corrected chi connectivity index (χ0v) is 17.7. The van der Waals surface area contributed by atoms with Crippen LogP contribution in [0.5, 0.6) is 0 Å². The van der Waals surface area contributed by atoms with E-state index in [0.717, 1.165) is 22.7 Å². The standard InChI is InChI=1S/C21H22N2O3S2/c1-4-17-13-23(18-7-5-6-8-20(18)27-17)28(24,25)21-12-16(10-9-14(21)2)19-11-15(3)22-26-19/h5-12,17H,4,13H2,1-3H3. The van der Waals surface area contributed by atoms with Crippen LogP contribution in [0, 0.1) is 13.8 Å². The summed E-state index contributed by atoms with van der Waals surface area (Å²) in [4.78, 5) is 1.31. The number of nitrogens with zero attached hydrogens (tertiary/aromatic N) is 2. The Morgan fingerprint density at radius 3 is 2.68 bits per heavy atom. The fourth-order valence-electron chi connectivity index (χ4n) is 3.35. The number of hydrogen-bond donors (Lipinski definition) is 0. The smallest absolute Gasteiger partial charge is 0.264 e. The lowest BCUT2D eigenvalue weighted by atomic mass is 10.1. The van der Waals surface area contributed by atoms with Crippen molar-refractivity contribution < 1.29 is 12.9 Å². The van der Waals surface area contributed by atoms with Crippen LogP contribution in [0.2, 0.25) is 0 Å². The average molecular weight is 415 g/mol. The number of fused-ring (bicyclic) bond motifs is 1. The lowest BCUT2D eigenvalue weighted by Gasteiger charge is -2.34. The third-order valence-corrected chi connectivity index (χ3v) is 8.26. The average Bonchev–Trinajstić information content (AvgIpc) is 3.13. The van der Waals surface area contributed by atoms with Crippen molar-refractivity contribution in [3.05, 3.63) is 59.8 Å². The first-order chi connectivity index (χ1) is 13.4. The molecule has 28 heavy (non-hydrogen) atoms. The number of aromatic nitrogens is 1. The van der Waals surface area contributed by atoms with Gasteiger partial charge in [-0.05, 0) is 44.0 Å². The van der Waals surface area contributed by atoms with Gasteiger partial charge in [-0.1, -0.05) is 36.3 Å². The second-order valence-electron chi connectivity index (χ2n) is 6.96. The molecule has 0 aliphatic carbocycles. The summed E-state index contributed by atoms with van der Waals surface area (Å²) in [6.07, 6.45) is 0.904. The number of rotatable bonds is 4. The SMILES string of the molecule is CCC1CN(S(=O)(=O)c2cc(-c3cc(C)no3)ccc2C)c2ccccc2S1. The van der Waals surface area contributed by atoms with Crippen molar-refractivity contribution in [3.8, 4) is 11.3 Å². The first kappa shape index (κ1) is 19.1. The minimum atomic E-state index is -3.71. The molecule has 1 aliphatic heterocycles. The van der Waals surface area contributed by atoms with E-state index in [1.54, 1.807) is 28.2 Å². The van der Waals surface area contributed by atoms with Crippen molar-refractivity contribution in [2.75, 3.05) is 10.8 Å². The predicted molar refractivity (Wildman–Crippen MR) is 112 cm³/mol. The maximum Gasteiger partial charge on any atom is 0.264 e. The molecule has 2 aromatic carbocycles. The molecule has 0 radical (unpaired) electrons. The monoisotopic (exact) mass is 414 g/mol. The Morgan fingerprint density at radius 2 is 1.96 bits per heavy atom. The number of anilines is 1. The molecule has 5 nitrogen and oxygen atoms in total. The lowest BCUT2D eigenvalue weighted by Crippen LogP contribution is -2.39. The fraction of sp³-hybridized carbons (Fsp3) is 0.286. The van der Waals surface area contributed by atoms with Gasteiger partial charge in [-0.25, -0.2) is 8.42 Å². The van der Waals surface area contributed by atoms with Gasteiger partial charge in [0.05, 0.1) is 16.3 Å². The van der Waals surface area contributed by atoms with Gasteiger partial charge in [0.2, 0.25) is 0 Å². The zero-order chi connectivity index (χ0) is 19.9. The molecular weight excluding hydrogens is 392 g/mol. The van der Waals surface area contributed by atoms with Crippen LogP contribution >= 0.6 is 11.8 Å². The Kier molecular flexibility index (Phi) is 4.97. The Balaban J connectivity index is 1.82. The molecule has 4 rings (SSSR count). The topological polar surface area (TPSA) is 63.4 Å². The highest BCUT2D eigenvalue weighted by Gasteiger charge is 2.34. The molecule has 0 saturated carbocycles. The van der Waals surface area contributed by atoms with Crippen LogP contribution in [0.15, 0.2) is 62.8 Å². The van der Waals surface area contributed by atoms with E-state index in [0.29, 0.717) is 28.3 Å². The van der Waals surface area contributed by atoms with Gasteiger partial charge in [-0.3, -0.25) is 4.31 Å². The molecule has 1 unspecified atom stereocenters. The molecule has 0 bridgehead atoms. The first-order valence-corrected chi connectivity index (χ1v) is 11.5. The van der Waals surface area contributed by atoms with Gasteiger partial charge in [0.1, 0.15) is 0 Å². The van der Waals surface area contributed by atoms with Crippen LogP contribution < -0.4 is 4.31 Å². The zero-order valence-electron chi connectivity index (χ0n) is 16.0. The molecule has 1 aromatic heterocycles. The second-order valence-corrected chi connectivity index (χ2v) is 10.1. The summed E-state index contributed by atoms with van der Waals surface area (Å²) in [6.45, 7) is 6.22. The summed E-state index contributed by atoms with van der Waals surface area (Å²) < 4.78 is 34.3. The third kappa shape index (κ3) is 3.33. The first-order valence-electron chi connectivity index (χ1n) is 9.23. The molecule has 0 saturated heterocycles. The molecule has 0 spiro atoms. The van der Waals surface area contributed by atoms with E-state index in [1.165, 1.54) is 0 Å². The minimum Gasteiger partial charge on any atom is -0.356 e. The van der Waals surface area contributed by atoms with Crippen LogP contribution in [0.4, 0.5) is 5.69 Å². The quantitative estimate of drug-likeness (QED) is 0.599. The third-order valence-electron chi connectivity index (χ3n) is 4.92. The number of sulfonamides is 1. The molecule has 1 atom stereocenters. The van der Waals surface area contributed by atoms with Gasteiger partial charge in [-0.15, -0.1) is 11.8 Å². The summed E-state index contributed by atoms with van der Waals surface area (Å²) in [7, 11) is -3.71. The Labute approximate surface area is 169 Å². The van der Waals surface area contributed by atoms with E-state index >= 15 is 0 Å². The molecule has 7 heteroatoms. The summed E-state index contributed by atoms with van der Waals surface area (Å²) in [5, 5.41) is 4.14. The van der Waals surface area contributed by atoms with Gasteiger partial charge in [0, 0.05) is 28.3 Å². The Bertz CT molecular complexity index is 1120.